The van der Waals surface area contributed by atoms with Gasteiger partial charge in [-0.25, -0.2) is 4.79 Å². The van der Waals surface area contributed by atoms with E-state index in [-0.39, 0.29) is 24.2 Å². The lowest BCUT2D eigenvalue weighted by Crippen LogP contribution is -2.52. The lowest BCUT2D eigenvalue weighted by molar-refractivity contribution is -0.138. The summed E-state index contributed by atoms with van der Waals surface area (Å²) < 4.78 is 0. The highest BCUT2D eigenvalue weighted by Gasteiger charge is 2.23. The van der Waals surface area contributed by atoms with Crippen molar-refractivity contribution in [3.05, 3.63) is 0 Å². The van der Waals surface area contributed by atoms with Gasteiger partial charge in [0.15, 0.2) is 0 Å². The van der Waals surface area contributed by atoms with Gasteiger partial charge in [0, 0.05) is 11.6 Å². The zero-order chi connectivity index (χ0) is 12.2. The summed E-state index contributed by atoms with van der Waals surface area (Å²) in [5.41, 5.74) is -0.358. The molecule has 5 nitrogen and oxygen atoms in total. The highest BCUT2D eigenvalue weighted by molar-refractivity contribution is 5.80. The zero-order valence-corrected chi connectivity index (χ0v) is 10.00. The highest BCUT2D eigenvalue weighted by Crippen LogP contribution is 2.04. The fourth-order valence-electron chi connectivity index (χ4n) is 1.03. The van der Waals surface area contributed by atoms with Crippen LogP contribution >= 0.6 is 0 Å². The van der Waals surface area contributed by atoms with Crippen molar-refractivity contribution in [1.29, 1.82) is 0 Å². The average molecular weight is 216 g/mol. The molecule has 5 heteroatoms. The monoisotopic (exact) mass is 216 g/mol. The summed E-state index contributed by atoms with van der Waals surface area (Å²) in [6, 6.07) is -0.483. The quantitative estimate of drug-likeness (QED) is 0.746. The number of carboxylic acids is 1. The Kier molecular flexibility index (Phi) is 4.58. The number of rotatable bonds is 3. The molecule has 0 aliphatic heterocycles. The number of carbonyl (C=O) groups excluding carboxylic acids is 1. The van der Waals surface area contributed by atoms with Crippen LogP contribution in [0.3, 0.4) is 0 Å². The van der Waals surface area contributed by atoms with Crippen LogP contribution in [0.15, 0.2) is 0 Å². The predicted molar refractivity (Wildman–Crippen MR) is 57.8 cm³/mol. The van der Waals surface area contributed by atoms with E-state index in [2.05, 4.69) is 5.32 Å². The zero-order valence-electron chi connectivity index (χ0n) is 10.00. The molecule has 0 aromatic rings. The first-order valence-corrected chi connectivity index (χ1v) is 4.94. The number of urea groups is 1. The molecule has 0 unspecified atom stereocenters. The van der Waals surface area contributed by atoms with E-state index in [1.54, 1.807) is 13.8 Å². The number of amides is 2. The second-order valence-corrected chi connectivity index (χ2v) is 4.80. The van der Waals surface area contributed by atoms with E-state index >= 15 is 0 Å². The Morgan fingerprint density at radius 3 is 2.07 bits per heavy atom. The fourth-order valence-corrected chi connectivity index (χ4v) is 1.03. The smallest absolute Gasteiger partial charge is 0.323 e. The van der Waals surface area contributed by atoms with Gasteiger partial charge in [0.2, 0.25) is 0 Å². The number of hydrogen-bond donors (Lipinski definition) is 2. The molecule has 0 aliphatic carbocycles. The summed E-state index contributed by atoms with van der Waals surface area (Å²) in [5, 5.41) is 11.4. The maximum absolute atomic E-state index is 11.7. The van der Waals surface area contributed by atoms with Gasteiger partial charge < -0.3 is 15.3 Å². The van der Waals surface area contributed by atoms with Crippen molar-refractivity contribution in [2.24, 2.45) is 0 Å². The third kappa shape index (κ3) is 5.93. The molecule has 2 N–H and O–H groups in total. The summed E-state index contributed by atoms with van der Waals surface area (Å²) >= 11 is 0. The number of aliphatic carboxylic acids is 1. The Hall–Kier alpha value is -1.26. The Bertz CT molecular complexity index is 244. The molecule has 0 fully saturated rings. The van der Waals surface area contributed by atoms with Gasteiger partial charge in [0.25, 0.3) is 0 Å². The molecule has 0 atom stereocenters. The number of carbonyl (C=O) groups is 2. The maximum Gasteiger partial charge on any atom is 0.323 e. The number of nitrogens with zero attached hydrogens (tertiary/aromatic N) is 1. The molecule has 0 bridgehead atoms. The van der Waals surface area contributed by atoms with E-state index in [1.807, 2.05) is 20.8 Å². The lowest BCUT2D eigenvalue weighted by atomic mass is 10.1. The molecule has 0 aromatic carbocycles. The molecule has 0 rings (SSSR count). The average Bonchev–Trinajstić information content (AvgIpc) is 1.95. The van der Waals surface area contributed by atoms with Crippen LogP contribution in [0.4, 0.5) is 4.79 Å². The second kappa shape index (κ2) is 5.00. The van der Waals surface area contributed by atoms with Crippen LogP contribution in [-0.4, -0.2) is 40.1 Å². The molecule has 0 saturated heterocycles. The molecular weight excluding hydrogens is 196 g/mol. The van der Waals surface area contributed by atoms with Crippen LogP contribution in [0.1, 0.15) is 34.6 Å². The topological polar surface area (TPSA) is 69.6 Å². The third-order valence-electron chi connectivity index (χ3n) is 1.67. The molecule has 0 spiro atoms. The van der Waals surface area contributed by atoms with E-state index in [1.165, 1.54) is 4.90 Å². The van der Waals surface area contributed by atoms with Crippen molar-refractivity contribution < 1.29 is 14.7 Å². The minimum atomic E-state index is -1.01. The van der Waals surface area contributed by atoms with Crippen LogP contribution in [0.2, 0.25) is 0 Å². The van der Waals surface area contributed by atoms with Crippen molar-refractivity contribution in [2.75, 3.05) is 6.54 Å². The minimum Gasteiger partial charge on any atom is -0.480 e. The van der Waals surface area contributed by atoms with Crippen molar-refractivity contribution >= 4 is 12.0 Å². The Morgan fingerprint density at radius 1 is 1.33 bits per heavy atom. The van der Waals surface area contributed by atoms with Gasteiger partial charge in [-0.05, 0) is 34.6 Å². The van der Waals surface area contributed by atoms with Gasteiger partial charge >= 0.3 is 12.0 Å². The standard InChI is InChI=1S/C10H20N2O3/c1-7(2)12(6-8(13)14)9(15)11-10(3,4)5/h7H,6H2,1-5H3,(H,11,15)(H,13,14). The predicted octanol–water partition coefficient (Wildman–Crippen LogP) is 1.29. The van der Waals surface area contributed by atoms with Gasteiger partial charge in [-0.3, -0.25) is 4.79 Å². The van der Waals surface area contributed by atoms with E-state index in [4.69, 9.17) is 5.11 Å². The third-order valence-corrected chi connectivity index (χ3v) is 1.67. The van der Waals surface area contributed by atoms with E-state index in [9.17, 15) is 9.59 Å². The van der Waals surface area contributed by atoms with Gasteiger partial charge in [-0.15, -0.1) is 0 Å². The highest BCUT2D eigenvalue weighted by atomic mass is 16.4. The molecule has 0 aliphatic rings. The molecule has 0 radical (unpaired) electrons. The van der Waals surface area contributed by atoms with Crippen molar-refractivity contribution in [3.8, 4) is 0 Å². The van der Waals surface area contributed by atoms with Gasteiger partial charge in [0.1, 0.15) is 6.54 Å². The van der Waals surface area contributed by atoms with Crippen LogP contribution < -0.4 is 5.32 Å². The van der Waals surface area contributed by atoms with Crippen molar-refractivity contribution in [1.82, 2.24) is 10.2 Å². The largest absolute Gasteiger partial charge is 0.480 e. The van der Waals surface area contributed by atoms with Gasteiger partial charge in [-0.1, -0.05) is 0 Å². The lowest BCUT2D eigenvalue weighted by Gasteiger charge is -2.29. The fraction of sp³-hybridized carbons (Fsp3) is 0.800. The molecule has 0 heterocycles. The SMILES string of the molecule is CC(C)N(CC(=O)O)C(=O)NC(C)(C)C. The van der Waals surface area contributed by atoms with Gasteiger partial charge in [0.05, 0.1) is 0 Å². The minimum absolute atomic E-state index is 0.136. The Labute approximate surface area is 90.5 Å². The maximum atomic E-state index is 11.7. The summed E-state index contributed by atoms with van der Waals surface area (Å²) in [6.45, 7) is 8.84. The summed E-state index contributed by atoms with van der Waals surface area (Å²) in [7, 11) is 0. The molecule has 15 heavy (non-hydrogen) atoms. The second-order valence-electron chi connectivity index (χ2n) is 4.80. The number of carboxylic acid groups (broad SMARTS) is 1. The molecular formula is C10H20N2O3. The first-order valence-electron chi connectivity index (χ1n) is 4.94. The Morgan fingerprint density at radius 2 is 1.80 bits per heavy atom. The van der Waals surface area contributed by atoms with Gasteiger partial charge in [-0.2, -0.15) is 0 Å². The summed E-state index contributed by atoms with van der Waals surface area (Å²) in [6.07, 6.45) is 0. The van der Waals surface area contributed by atoms with Crippen molar-refractivity contribution in [2.45, 2.75) is 46.2 Å². The molecule has 2 amide bonds. The normalized spacial score (nSPS) is 11.3. The van der Waals surface area contributed by atoms with Crippen LogP contribution in [0, 0.1) is 0 Å². The van der Waals surface area contributed by atoms with E-state index in [0.29, 0.717) is 0 Å². The van der Waals surface area contributed by atoms with Crippen LogP contribution in [-0.2, 0) is 4.79 Å². The van der Waals surface area contributed by atoms with Crippen LogP contribution in [0.5, 0.6) is 0 Å². The number of hydrogen-bond acceptors (Lipinski definition) is 2. The Balaban J connectivity index is 4.50. The van der Waals surface area contributed by atoms with Crippen molar-refractivity contribution in [3.63, 3.8) is 0 Å². The first-order chi connectivity index (χ1) is 6.63. The molecule has 0 saturated carbocycles. The van der Waals surface area contributed by atoms with E-state index < -0.39 is 5.97 Å². The molecule has 0 aromatic heterocycles. The summed E-state index contributed by atoms with van der Waals surface area (Å²) in [4.78, 5) is 23.5. The van der Waals surface area contributed by atoms with Crippen LogP contribution in [0.25, 0.3) is 0 Å². The van der Waals surface area contributed by atoms with E-state index in [0.717, 1.165) is 0 Å². The molecule has 88 valence electrons. The summed E-state index contributed by atoms with van der Waals surface area (Å²) in [5.74, 6) is -1.01. The number of nitrogens with one attached hydrogen (secondary N) is 1. The first kappa shape index (κ1) is 13.7.